The van der Waals surface area contributed by atoms with Crippen molar-refractivity contribution in [1.82, 2.24) is 0 Å². The summed E-state index contributed by atoms with van der Waals surface area (Å²) in [5, 5.41) is -0.118. The van der Waals surface area contributed by atoms with Crippen LogP contribution in [0.2, 0.25) is 5.02 Å². The molecule has 2 aromatic rings. The van der Waals surface area contributed by atoms with Crippen molar-refractivity contribution in [3.8, 4) is 11.5 Å². The Morgan fingerprint density at radius 3 is 2.39 bits per heavy atom. The molecule has 0 atom stereocenters. The van der Waals surface area contributed by atoms with E-state index in [4.69, 9.17) is 16.3 Å². The number of hydrogen-bond acceptors (Lipinski definition) is 3. The lowest BCUT2D eigenvalue weighted by Gasteiger charge is -2.17. The van der Waals surface area contributed by atoms with Crippen LogP contribution in [0.25, 0.3) is 0 Å². The van der Waals surface area contributed by atoms with Gasteiger partial charge in [0.15, 0.2) is 0 Å². The lowest BCUT2D eigenvalue weighted by atomic mass is 9.96. The standard InChI is InChI=1S/C21H21ClF3NO2/c22-19-12-16(8-11-20(19)28-21(23,24)25)14-27-18-9-6-15(7-10-18)13-26-17-4-2-1-3-5-17/h6-13,17H,1-5,14H2/b26-13+. The van der Waals surface area contributed by atoms with Gasteiger partial charge in [-0.3, -0.25) is 4.99 Å². The predicted molar refractivity (Wildman–Crippen MR) is 103 cm³/mol. The van der Waals surface area contributed by atoms with Gasteiger partial charge in [0.2, 0.25) is 0 Å². The summed E-state index contributed by atoms with van der Waals surface area (Å²) in [5.74, 6) is 0.223. The van der Waals surface area contributed by atoms with Crippen LogP contribution in [-0.4, -0.2) is 18.6 Å². The second kappa shape index (κ2) is 9.32. The highest BCUT2D eigenvalue weighted by Crippen LogP contribution is 2.31. The maximum Gasteiger partial charge on any atom is 0.573 e. The Kier molecular flexibility index (Phi) is 6.83. The molecule has 28 heavy (non-hydrogen) atoms. The van der Waals surface area contributed by atoms with Gasteiger partial charge < -0.3 is 9.47 Å². The highest BCUT2D eigenvalue weighted by molar-refractivity contribution is 6.32. The highest BCUT2D eigenvalue weighted by Gasteiger charge is 2.32. The lowest BCUT2D eigenvalue weighted by molar-refractivity contribution is -0.274. The molecular formula is C21H21ClF3NO2. The second-order valence-corrected chi connectivity index (χ2v) is 7.15. The third kappa shape index (κ3) is 6.44. The van der Waals surface area contributed by atoms with E-state index in [1.165, 1.54) is 37.5 Å². The zero-order valence-corrected chi connectivity index (χ0v) is 16.0. The van der Waals surface area contributed by atoms with Gasteiger partial charge in [-0.1, -0.05) is 36.9 Å². The van der Waals surface area contributed by atoms with Gasteiger partial charge in [-0.15, -0.1) is 13.2 Å². The molecule has 1 fully saturated rings. The summed E-state index contributed by atoms with van der Waals surface area (Å²) < 4.78 is 46.3. The molecule has 0 amide bonds. The van der Waals surface area contributed by atoms with E-state index in [9.17, 15) is 13.2 Å². The van der Waals surface area contributed by atoms with E-state index in [0.29, 0.717) is 17.4 Å². The lowest BCUT2D eigenvalue weighted by Crippen LogP contribution is -2.17. The van der Waals surface area contributed by atoms with E-state index in [2.05, 4.69) is 9.73 Å². The van der Waals surface area contributed by atoms with Crippen molar-refractivity contribution in [3.63, 3.8) is 0 Å². The minimum absolute atomic E-state index is 0.118. The largest absolute Gasteiger partial charge is 0.573 e. The van der Waals surface area contributed by atoms with E-state index < -0.39 is 12.1 Å². The summed E-state index contributed by atoms with van der Waals surface area (Å²) in [4.78, 5) is 4.65. The number of nitrogens with zero attached hydrogens (tertiary/aromatic N) is 1. The van der Waals surface area contributed by atoms with Gasteiger partial charge in [0.05, 0.1) is 5.02 Å². The molecule has 3 rings (SSSR count). The third-order valence-electron chi connectivity index (χ3n) is 4.52. The van der Waals surface area contributed by atoms with E-state index in [0.717, 1.165) is 18.4 Å². The Morgan fingerprint density at radius 1 is 1.04 bits per heavy atom. The van der Waals surface area contributed by atoms with Crippen molar-refractivity contribution < 1.29 is 22.6 Å². The first-order valence-corrected chi connectivity index (χ1v) is 9.57. The normalized spacial score (nSPS) is 15.7. The van der Waals surface area contributed by atoms with Crippen molar-refractivity contribution in [2.45, 2.75) is 51.1 Å². The summed E-state index contributed by atoms with van der Waals surface area (Å²) in [6.45, 7) is 0.182. The van der Waals surface area contributed by atoms with Crippen LogP contribution in [-0.2, 0) is 6.61 Å². The molecule has 1 aliphatic rings. The molecule has 0 aromatic heterocycles. The zero-order chi connectivity index (χ0) is 20.0. The van der Waals surface area contributed by atoms with Gasteiger partial charge in [-0.2, -0.15) is 0 Å². The SMILES string of the molecule is FC(F)(F)Oc1ccc(COc2ccc(/C=N/C3CCCCC3)cc2)cc1Cl. The van der Waals surface area contributed by atoms with Crippen molar-refractivity contribution in [2.75, 3.05) is 0 Å². The van der Waals surface area contributed by atoms with E-state index in [1.54, 1.807) is 0 Å². The number of halogens is 4. The Morgan fingerprint density at radius 2 is 1.75 bits per heavy atom. The van der Waals surface area contributed by atoms with Gasteiger partial charge in [-0.25, -0.2) is 0 Å². The predicted octanol–water partition coefficient (Wildman–Crippen LogP) is 6.57. The molecule has 0 unspecified atom stereocenters. The number of benzene rings is 2. The Balaban J connectivity index is 1.53. The first-order chi connectivity index (χ1) is 13.4. The minimum Gasteiger partial charge on any atom is -0.489 e. The zero-order valence-electron chi connectivity index (χ0n) is 15.2. The van der Waals surface area contributed by atoms with Crippen molar-refractivity contribution in [1.29, 1.82) is 0 Å². The Bertz CT molecular complexity index is 800. The quantitative estimate of drug-likeness (QED) is 0.503. The molecule has 0 spiro atoms. The fraction of sp³-hybridized carbons (Fsp3) is 0.381. The van der Waals surface area contributed by atoms with E-state index in [1.807, 2.05) is 30.5 Å². The molecule has 3 nitrogen and oxygen atoms in total. The molecule has 7 heteroatoms. The van der Waals surface area contributed by atoms with Crippen LogP contribution in [0.5, 0.6) is 11.5 Å². The van der Waals surface area contributed by atoms with Gasteiger partial charge in [0.1, 0.15) is 18.1 Å². The first kappa shape index (κ1) is 20.5. The minimum atomic E-state index is -4.77. The van der Waals surface area contributed by atoms with Crippen molar-refractivity contribution >= 4 is 17.8 Å². The third-order valence-corrected chi connectivity index (χ3v) is 4.81. The Hall–Kier alpha value is -2.21. The van der Waals surface area contributed by atoms with Gasteiger partial charge in [0.25, 0.3) is 0 Å². The maximum atomic E-state index is 12.3. The molecule has 0 saturated heterocycles. The van der Waals surface area contributed by atoms with Crippen LogP contribution in [0.15, 0.2) is 47.5 Å². The van der Waals surface area contributed by atoms with Crippen molar-refractivity contribution in [3.05, 3.63) is 58.6 Å². The summed E-state index contributed by atoms with van der Waals surface area (Å²) in [5.41, 5.74) is 1.65. The highest BCUT2D eigenvalue weighted by atomic mass is 35.5. The molecule has 0 aliphatic heterocycles. The van der Waals surface area contributed by atoms with Crippen LogP contribution < -0.4 is 9.47 Å². The second-order valence-electron chi connectivity index (χ2n) is 6.74. The van der Waals surface area contributed by atoms with Crippen LogP contribution in [0, 0.1) is 0 Å². The molecule has 0 N–H and O–H groups in total. The summed E-state index contributed by atoms with van der Waals surface area (Å²) in [6.07, 6.45) is 3.26. The smallest absolute Gasteiger partial charge is 0.489 e. The van der Waals surface area contributed by atoms with Crippen LogP contribution in [0.1, 0.15) is 43.2 Å². The van der Waals surface area contributed by atoms with E-state index in [-0.39, 0.29) is 11.6 Å². The van der Waals surface area contributed by atoms with Crippen LogP contribution in [0.4, 0.5) is 13.2 Å². The molecule has 1 saturated carbocycles. The van der Waals surface area contributed by atoms with Crippen LogP contribution in [0.3, 0.4) is 0 Å². The monoisotopic (exact) mass is 411 g/mol. The van der Waals surface area contributed by atoms with Crippen molar-refractivity contribution in [2.24, 2.45) is 4.99 Å². The summed E-state index contributed by atoms with van der Waals surface area (Å²) in [7, 11) is 0. The first-order valence-electron chi connectivity index (χ1n) is 9.19. The number of ether oxygens (including phenoxy) is 2. The molecule has 0 heterocycles. The fourth-order valence-electron chi connectivity index (χ4n) is 3.08. The number of hydrogen-bond donors (Lipinski definition) is 0. The molecular weight excluding hydrogens is 391 g/mol. The summed E-state index contributed by atoms with van der Waals surface area (Å²) in [6, 6.07) is 12.0. The van der Waals surface area contributed by atoms with Crippen LogP contribution >= 0.6 is 11.6 Å². The number of alkyl halides is 3. The fourth-order valence-corrected chi connectivity index (χ4v) is 3.32. The van der Waals surface area contributed by atoms with Gasteiger partial charge in [0, 0.05) is 12.3 Å². The molecule has 0 radical (unpaired) electrons. The maximum absolute atomic E-state index is 12.3. The molecule has 150 valence electrons. The van der Waals surface area contributed by atoms with E-state index >= 15 is 0 Å². The molecule has 2 aromatic carbocycles. The molecule has 1 aliphatic carbocycles. The Labute approximate surface area is 167 Å². The average molecular weight is 412 g/mol. The molecule has 0 bridgehead atoms. The van der Waals surface area contributed by atoms with Gasteiger partial charge in [-0.05, 0) is 60.4 Å². The van der Waals surface area contributed by atoms with Gasteiger partial charge >= 0.3 is 6.36 Å². The number of rotatable bonds is 6. The number of aliphatic imine (C=N–C) groups is 1. The summed E-state index contributed by atoms with van der Waals surface area (Å²) >= 11 is 5.84. The average Bonchev–Trinajstić information content (AvgIpc) is 2.67. The topological polar surface area (TPSA) is 30.8 Å².